The van der Waals surface area contributed by atoms with E-state index in [4.69, 9.17) is 4.74 Å². The van der Waals surface area contributed by atoms with Gasteiger partial charge in [0.2, 0.25) is 11.8 Å². The second-order valence-corrected chi connectivity index (χ2v) is 13.5. The van der Waals surface area contributed by atoms with Gasteiger partial charge >= 0.3 is 0 Å². The number of hydrogen-bond acceptors (Lipinski definition) is 5. The van der Waals surface area contributed by atoms with Gasteiger partial charge in [0.15, 0.2) is 0 Å². The zero-order valence-corrected chi connectivity index (χ0v) is 28.0. The Morgan fingerprint density at radius 2 is 1.51 bits per heavy atom. The topological polar surface area (TPSA) is 96.0 Å². The van der Waals surface area contributed by atoms with E-state index in [1.54, 1.807) is 42.5 Å². The van der Waals surface area contributed by atoms with Crippen LogP contribution in [0.3, 0.4) is 0 Å². The molecule has 0 radical (unpaired) electrons. The Bertz CT molecular complexity index is 1670. The lowest BCUT2D eigenvalue weighted by molar-refractivity contribution is -0.140. The summed E-state index contributed by atoms with van der Waals surface area (Å²) in [5.74, 6) is -0.396. The third-order valence-corrected chi connectivity index (χ3v) is 9.81. The van der Waals surface area contributed by atoms with Crippen LogP contribution < -0.4 is 14.4 Å². The van der Waals surface area contributed by atoms with Crippen LogP contribution in [0.4, 0.5) is 5.69 Å². The van der Waals surface area contributed by atoms with Gasteiger partial charge in [-0.15, -0.1) is 0 Å². The Hall–Kier alpha value is -4.15. The number of hydrogen-bond donors (Lipinski definition) is 1. The van der Waals surface area contributed by atoms with E-state index in [1.165, 1.54) is 24.1 Å². The van der Waals surface area contributed by atoms with E-state index in [1.807, 2.05) is 68.4 Å². The zero-order chi connectivity index (χ0) is 32.4. The van der Waals surface area contributed by atoms with Crippen LogP contribution in [-0.4, -0.2) is 50.9 Å². The molecule has 4 rings (SSSR count). The van der Waals surface area contributed by atoms with Crippen LogP contribution >= 0.6 is 15.9 Å². The highest BCUT2D eigenvalue weighted by molar-refractivity contribution is 9.10. The van der Waals surface area contributed by atoms with Crippen LogP contribution in [0.1, 0.15) is 31.4 Å². The molecule has 45 heavy (non-hydrogen) atoms. The standard InChI is InChI=1S/C35H38BrN3O5S/c1-4-26(2)37-35(41)33(22-27-12-7-5-8-13-27)38(24-28-18-20-29(36)21-19-28)34(40)25-39(30-14-11-15-31(23-30)44-3)45(42,43)32-16-9-6-10-17-32/h5-21,23,26,33H,4,22,24-25H2,1-3H3,(H,37,41)/t26-,33+/m0/s1. The summed E-state index contributed by atoms with van der Waals surface area (Å²) in [6, 6.07) is 30.5. The highest BCUT2D eigenvalue weighted by Crippen LogP contribution is 2.28. The second-order valence-electron chi connectivity index (χ2n) is 10.7. The van der Waals surface area contributed by atoms with E-state index in [0.29, 0.717) is 12.2 Å². The van der Waals surface area contributed by atoms with Crippen molar-refractivity contribution in [2.45, 2.75) is 50.2 Å². The Morgan fingerprint density at radius 3 is 2.13 bits per heavy atom. The molecule has 2 atom stereocenters. The number of ether oxygens (including phenoxy) is 1. The minimum absolute atomic E-state index is 0.0374. The van der Waals surface area contributed by atoms with Gasteiger partial charge in [-0.05, 0) is 60.9 Å². The molecule has 10 heteroatoms. The van der Waals surface area contributed by atoms with Crippen molar-refractivity contribution in [3.63, 3.8) is 0 Å². The van der Waals surface area contributed by atoms with Crippen LogP contribution in [0, 0.1) is 0 Å². The third kappa shape index (κ3) is 8.95. The summed E-state index contributed by atoms with van der Waals surface area (Å²) in [5.41, 5.74) is 1.93. The average Bonchev–Trinajstić information content (AvgIpc) is 3.06. The normalized spacial score (nSPS) is 12.5. The first-order valence-corrected chi connectivity index (χ1v) is 17.0. The summed E-state index contributed by atoms with van der Waals surface area (Å²) in [6.45, 7) is 3.44. The van der Waals surface area contributed by atoms with Gasteiger partial charge in [0.05, 0.1) is 17.7 Å². The van der Waals surface area contributed by atoms with Crippen LogP contribution in [0.5, 0.6) is 5.75 Å². The molecule has 0 heterocycles. The van der Waals surface area contributed by atoms with Crippen LogP contribution in [0.2, 0.25) is 0 Å². The molecule has 0 saturated carbocycles. The van der Waals surface area contributed by atoms with E-state index >= 15 is 0 Å². The van der Waals surface area contributed by atoms with Crippen molar-refractivity contribution in [3.8, 4) is 5.75 Å². The first kappa shape index (κ1) is 33.7. The monoisotopic (exact) mass is 691 g/mol. The summed E-state index contributed by atoms with van der Waals surface area (Å²) >= 11 is 3.46. The zero-order valence-electron chi connectivity index (χ0n) is 25.6. The fraction of sp³-hybridized carbons (Fsp3) is 0.257. The molecule has 236 valence electrons. The summed E-state index contributed by atoms with van der Waals surface area (Å²) in [6.07, 6.45) is 0.958. The van der Waals surface area contributed by atoms with Crippen LogP contribution in [0.25, 0.3) is 0 Å². The molecule has 0 aromatic heterocycles. The molecular weight excluding hydrogens is 654 g/mol. The van der Waals surface area contributed by atoms with E-state index < -0.39 is 28.5 Å². The number of amides is 2. The maximum atomic E-state index is 14.5. The van der Waals surface area contributed by atoms with Crippen molar-refractivity contribution in [2.75, 3.05) is 18.0 Å². The minimum atomic E-state index is -4.19. The maximum Gasteiger partial charge on any atom is 0.264 e. The summed E-state index contributed by atoms with van der Waals surface area (Å²) in [4.78, 5) is 30.0. The molecule has 8 nitrogen and oxygen atoms in total. The number of anilines is 1. The highest BCUT2D eigenvalue weighted by Gasteiger charge is 2.35. The molecule has 0 aliphatic carbocycles. The molecule has 0 aliphatic heterocycles. The maximum absolute atomic E-state index is 14.5. The molecule has 0 aliphatic rings. The number of methoxy groups -OCH3 is 1. The molecule has 0 spiro atoms. The molecule has 0 bridgehead atoms. The summed E-state index contributed by atoms with van der Waals surface area (Å²) in [7, 11) is -2.70. The predicted octanol–water partition coefficient (Wildman–Crippen LogP) is 6.21. The van der Waals surface area contributed by atoms with Gasteiger partial charge < -0.3 is 15.0 Å². The predicted molar refractivity (Wildman–Crippen MR) is 180 cm³/mol. The lowest BCUT2D eigenvalue weighted by Gasteiger charge is -2.34. The van der Waals surface area contributed by atoms with Crippen molar-refractivity contribution in [3.05, 3.63) is 125 Å². The number of benzene rings is 4. The molecule has 0 saturated heterocycles. The summed E-state index contributed by atoms with van der Waals surface area (Å²) < 4.78 is 35.5. The molecule has 2 amide bonds. The van der Waals surface area contributed by atoms with Crippen LogP contribution in [0.15, 0.2) is 119 Å². The molecule has 0 fully saturated rings. The van der Waals surface area contributed by atoms with Crippen molar-refractivity contribution >= 4 is 43.5 Å². The average molecular weight is 693 g/mol. The quantitative estimate of drug-likeness (QED) is 0.170. The number of nitrogens with zero attached hydrogens (tertiary/aromatic N) is 2. The highest BCUT2D eigenvalue weighted by atomic mass is 79.9. The number of rotatable bonds is 14. The summed E-state index contributed by atoms with van der Waals surface area (Å²) in [5, 5.41) is 3.05. The Labute approximate surface area is 274 Å². The molecule has 4 aromatic rings. The Balaban J connectivity index is 1.81. The molecule has 0 unspecified atom stereocenters. The van der Waals surface area contributed by atoms with Gasteiger partial charge in [0.1, 0.15) is 18.3 Å². The molecular formula is C35H38BrN3O5S. The van der Waals surface area contributed by atoms with Gasteiger partial charge in [-0.3, -0.25) is 13.9 Å². The van der Waals surface area contributed by atoms with Crippen LogP contribution in [-0.2, 0) is 32.6 Å². The number of nitrogens with one attached hydrogen (secondary N) is 1. The molecule has 4 aromatic carbocycles. The van der Waals surface area contributed by atoms with Gasteiger partial charge in [0.25, 0.3) is 10.0 Å². The number of carbonyl (C=O) groups excluding carboxylic acids is 2. The van der Waals surface area contributed by atoms with E-state index in [0.717, 1.165) is 19.9 Å². The van der Waals surface area contributed by atoms with Crippen molar-refractivity contribution in [1.29, 1.82) is 0 Å². The Kier molecular flexibility index (Phi) is 11.8. The van der Waals surface area contributed by atoms with Crippen molar-refractivity contribution in [1.82, 2.24) is 10.2 Å². The number of carbonyl (C=O) groups is 2. The SMILES string of the molecule is CC[C@H](C)NC(=O)[C@@H](Cc1ccccc1)N(Cc1ccc(Br)cc1)C(=O)CN(c1cccc(OC)c1)S(=O)(=O)c1ccccc1. The van der Waals surface area contributed by atoms with Gasteiger partial charge in [-0.2, -0.15) is 0 Å². The minimum Gasteiger partial charge on any atom is -0.497 e. The van der Waals surface area contributed by atoms with E-state index in [9.17, 15) is 18.0 Å². The Morgan fingerprint density at radius 1 is 0.867 bits per heavy atom. The second kappa shape index (κ2) is 15.7. The molecule has 1 N–H and O–H groups in total. The van der Waals surface area contributed by atoms with E-state index in [-0.39, 0.29) is 35.5 Å². The largest absolute Gasteiger partial charge is 0.497 e. The number of sulfonamides is 1. The van der Waals surface area contributed by atoms with Crippen molar-refractivity contribution < 1.29 is 22.7 Å². The van der Waals surface area contributed by atoms with E-state index in [2.05, 4.69) is 21.2 Å². The van der Waals surface area contributed by atoms with Crippen molar-refractivity contribution in [2.24, 2.45) is 0 Å². The van der Waals surface area contributed by atoms with Gasteiger partial charge in [-0.1, -0.05) is 89.6 Å². The van der Waals surface area contributed by atoms with Gasteiger partial charge in [0, 0.05) is 29.5 Å². The third-order valence-electron chi connectivity index (χ3n) is 7.49. The fourth-order valence-corrected chi connectivity index (χ4v) is 6.49. The number of halogens is 1. The fourth-order valence-electron chi connectivity index (χ4n) is 4.80. The first-order chi connectivity index (χ1) is 21.6. The smallest absolute Gasteiger partial charge is 0.264 e. The first-order valence-electron chi connectivity index (χ1n) is 14.7. The van der Waals surface area contributed by atoms with Gasteiger partial charge in [-0.25, -0.2) is 8.42 Å². The lowest BCUT2D eigenvalue weighted by Crippen LogP contribution is -2.54. The lowest BCUT2D eigenvalue weighted by atomic mass is 10.0.